The first-order valence-corrected chi connectivity index (χ1v) is 6.57. The number of hydrogen-bond acceptors (Lipinski definition) is 5. The Morgan fingerprint density at radius 2 is 1.76 bits per heavy atom. The summed E-state index contributed by atoms with van der Waals surface area (Å²) in [4.78, 5) is 33.0. The van der Waals surface area contributed by atoms with Gasteiger partial charge in [-0.3, -0.25) is 9.59 Å². The highest BCUT2D eigenvalue weighted by Gasteiger charge is 2.32. The number of carbonyl (C=O) groups is 3. The van der Waals surface area contributed by atoms with Crippen molar-refractivity contribution in [2.45, 2.75) is 45.6 Å². The highest BCUT2D eigenvalue weighted by Crippen LogP contribution is 2.23. The molecule has 7 nitrogen and oxygen atoms in total. The minimum Gasteiger partial charge on any atom is -0.481 e. The summed E-state index contributed by atoms with van der Waals surface area (Å²) in [6.07, 6.45) is 1.39. The van der Waals surface area contributed by atoms with Crippen LogP contribution >= 0.6 is 0 Å². The Labute approximate surface area is 124 Å². The van der Waals surface area contributed by atoms with Crippen LogP contribution in [-0.4, -0.2) is 34.2 Å². The Morgan fingerprint density at radius 1 is 1.19 bits per heavy atom. The summed E-state index contributed by atoms with van der Waals surface area (Å²) in [7, 11) is 0. The number of carboxylic acids is 2. The molecule has 0 radical (unpaired) electrons. The van der Waals surface area contributed by atoms with Crippen LogP contribution in [0.3, 0.4) is 0 Å². The number of unbranched alkanes of at least 4 members (excludes halogenated alkanes) is 1. The summed E-state index contributed by atoms with van der Waals surface area (Å²) < 4.78 is 5.11. The predicted molar refractivity (Wildman–Crippen MR) is 77.2 cm³/mol. The fourth-order valence-corrected chi connectivity index (χ4v) is 1.93. The Balaban J connectivity index is 0. The quantitative estimate of drug-likeness (QED) is 0.320. The second kappa shape index (κ2) is 10.8. The van der Waals surface area contributed by atoms with Gasteiger partial charge >= 0.3 is 17.9 Å². The number of carboxylic acid groups (broad SMARTS) is 2. The van der Waals surface area contributed by atoms with Crippen LogP contribution in [0, 0.1) is 11.8 Å². The fourth-order valence-electron chi connectivity index (χ4n) is 1.93. The number of ether oxygens (including phenoxy) is 1. The molecule has 0 aliphatic heterocycles. The first-order valence-electron chi connectivity index (χ1n) is 6.57. The summed E-state index contributed by atoms with van der Waals surface area (Å²) in [6.45, 7) is 6.83. The van der Waals surface area contributed by atoms with Crippen LogP contribution in [0.5, 0.6) is 0 Å². The van der Waals surface area contributed by atoms with Gasteiger partial charge in [0.1, 0.15) is 6.10 Å². The van der Waals surface area contributed by atoms with E-state index < -0.39 is 29.9 Å². The molecule has 0 heterocycles. The summed E-state index contributed by atoms with van der Waals surface area (Å²) in [5.74, 6) is -3.60. The molecular formula is C14H25NO6. The van der Waals surface area contributed by atoms with Crippen molar-refractivity contribution >= 4 is 17.9 Å². The third kappa shape index (κ3) is 8.80. The van der Waals surface area contributed by atoms with Crippen LogP contribution in [0.2, 0.25) is 0 Å². The van der Waals surface area contributed by atoms with Gasteiger partial charge in [0.15, 0.2) is 0 Å². The second-order valence-corrected chi connectivity index (χ2v) is 4.93. The third-order valence-electron chi connectivity index (χ3n) is 2.95. The summed E-state index contributed by atoms with van der Waals surface area (Å²) >= 11 is 0. The summed E-state index contributed by atoms with van der Waals surface area (Å²) in [5, 5.41) is 17.8. The molecule has 2 atom stereocenters. The Bertz CT molecular complexity index is 366. The van der Waals surface area contributed by atoms with Crippen molar-refractivity contribution in [3.8, 4) is 0 Å². The van der Waals surface area contributed by atoms with E-state index in [-0.39, 0.29) is 24.9 Å². The zero-order valence-electron chi connectivity index (χ0n) is 12.6. The number of aliphatic carboxylic acids is 2. The van der Waals surface area contributed by atoms with Crippen molar-refractivity contribution < 1.29 is 29.3 Å². The van der Waals surface area contributed by atoms with Gasteiger partial charge in [-0.15, -0.1) is 0 Å². The lowest BCUT2D eigenvalue weighted by molar-refractivity contribution is -0.158. The van der Waals surface area contributed by atoms with Crippen molar-refractivity contribution in [1.29, 1.82) is 0 Å². The van der Waals surface area contributed by atoms with Gasteiger partial charge in [-0.05, 0) is 18.8 Å². The topological polar surface area (TPSA) is 136 Å². The van der Waals surface area contributed by atoms with Crippen LogP contribution in [-0.2, 0) is 19.1 Å². The van der Waals surface area contributed by atoms with Gasteiger partial charge in [0.05, 0.1) is 5.92 Å². The van der Waals surface area contributed by atoms with Gasteiger partial charge in [0.2, 0.25) is 0 Å². The molecular weight excluding hydrogens is 278 g/mol. The average Bonchev–Trinajstić information content (AvgIpc) is 2.35. The average molecular weight is 303 g/mol. The van der Waals surface area contributed by atoms with E-state index in [0.29, 0.717) is 12.8 Å². The highest BCUT2D eigenvalue weighted by molar-refractivity contribution is 5.82. The summed E-state index contributed by atoms with van der Waals surface area (Å²) in [6, 6.07) is 0. The molecule has 7 heteroatoms. The van der Waals surface area contributed by atoms with Crippen LogP contribution in [0.25, 0.3) is 0 Å². The Hall–Kier alpha value is -1.89. The first kappa shape index (κ1) is 21.4. The number of rotatable bonds is 10. The predicted octanol–water partition coefficient (Wildman–Crippen LogP) is 2.25. The van der Waals surface area contributed by atoms with E-state index in [1.165, 1.54) is 0 Å². The van der Waals surface area contributed by atoms with Gasteiger partial charge < -0.3 is 21.1 Å². The molecule has 0 saturated carbocycles. The van der Waals surface area contributed by atoms with Crippen molar-refractivity contribution in [2.24, 2.45) is 11.8 Å². The first-order chi connectivity index (χ1) is 9.29. The maximum atomic E-state index is 11.3. The summed E-state index contributed by atoms with van der Waals surface area (Å²) in [5.41, 5.74) is 0. The third-order valence-corrected chi connectivity index (χ3v) is 2.95. The minimum atomic E-state index is -1.05. The van der Waals surface area contributed by atoms with Gasteiger partial charge in [0, 0.05) is 12.5 Å². The molecule has 0 spiro atoms. The number of carbonyl (C=O) groups excluding carboxylic acids is 1. The molecule has 0 bridgehead atoms. The van der Waals surface area contributed by atoms with E-state index in [2.05, 4.69) is 6.58 Å². The molecule has 21 heavy (non-hydrogen) atoms. The van der Waals surface area contributed by atoms with E-state index in [0.717, 1.165) is 6.08 Å². The molecule has 0 aliphatic rings. The molecule has 0 saturated heterocycles. The van der Waals surface area contributed by atoms with Gasteiger partial charge in [-0.2, -0.15) is 0 Å². The van der Waals surface area contributed by atoms with Gasteiger partial charge in [-0.25, -0.2) is 4.79 Å². The maximum absolute atomic E-state index is 11.3. The smallest absolute Gasteiger partial charge is 0.330 e. The normalized spacial score (nSPS) is 12.9. The second-order valence-electron chi connectivity index (χ2n) is 4.93. The molecule has 0 rings (SSSR count). The van der Waals surface area contributed by atoms with E-state index >= 15 is 0 Å². The van der Waals surface area contributed by atoms with E-state index in [1.54, 1.807) is 13.8 Å². The van der Waals surface area contributed by atoms with Crippen molar-refractivity contribution in [2.75, 3.05) is 0 Å². The number of esters is 1. The standard InChI is InChI=1S/C14H22O6.H3N/c1-4-12(17)20-13(9(2)3)10(14(18)19)7-5-6-8-11(15)16;/h4,9-10,13H,1,5-8H2,2-3H3,(H,15,16)(H,18,19);1H3. The monoisotopic (exact) mass is 303 g/mol. The fraction of sp³-hybridized carbons (Fsp3) is 0.643. The van der Waals surface area contributed by atoms with Crippen LogP contribution < -0.4 is 6.15 Å². The molecule has 0 aromatic carbocycles. The zero-order chi connectivity index (χ0) is 15.7. The van der Waals surface area contributed by atoms with Crippen molar-refractivity contribution in [3.05, 3.63) is 12.7 Å². The molecule has 0 aromatic heterocycles. The Morgan fingerprint density at radius 3 is 2.14 bits per heavy atom. The van der Waals surface area contributed by atoms with E-state index in [1.807, 2.05) is 0 Å². The van der Waals surface area contributed by atoms with Gasteiger partial charge in [-0.1, -0.05) is 26.8 Å². The highest BCUT2D eigenvalue weighted by atomic mass is 16.5. The Kier molecular flexibility index (Phi) is 11.1. The van der Waals surface area contributed by atoms with Crippen LogP contribution in [0.15, 0.2) is 12.7 Å². The van der Waals surface area contributed by atoms with Crippen LogP contribution in [0.1, 0.15) is 39.5 Å². The molecule has 0 aliphatic carbocycles. The lowest BCUT2D eigenvalue weighted by atomic mass is 9.88. The van der Waals surface area contributed by atoms with E-state index in [4.69, 9.17) is 9.84 Å². The van der Waals surface area contributed by atoms with Gasteiger partial charge in [0.25, 0.3) is 0 Å². The molecule has 5 N–H and O–H groups in total. The lowest BCUT2D eigenvalue weighted by Gasteiger charge is -2.26. The lowest BCUT2D eigenvalue weighted by Crippen LogP contribution is -2.36. The maximum Gasteiger partial charge on any atom is 0.330 e. The molecule has 122 valence electrons. The molecule has 0 fully saturated rings. The number of hydrogen-bond donors (Lipinski definition) is 3. The minimum absolute atomic E-state index is 0. The molecule has 2 unspecified atom stereocenters. The van der Waals surface area contributed by atoms with Crippen molar-refractivity contribution in [3.63, 3.8) is 0 Å². The molecule has 0 amide bonds. The van der Waals surface area contributed by atoms with Crippen molar-refractivity contribution in [1.82, 2.24) is 6.15 Å². The zero-order valence-corrected chi connectivity index (χ0v) is 12.6. The van der Waals surface area contributed by atoms with E-state index in [9.17, 15) is 19.5 Å². The SMILES string of the molecule is C=CC(=O)OC(C(C)C)C(CCCCC(=O)O)C(=O)O.N. The molecule has 0 aromatic rings. The largest absolute Gasteiger partial charge is 0.481 e. The van der Waals surface area contributed by atoms with Crippen LogP contribution in [0.4, 0.5) is 0 Å².